The molecule has 1 aliphatic rings. The Morgan fingerprint density at radius 1 is 1.22 bits per heavy atom. The fourth-order valence-corrected chi connectivity index (χ4v) is 4.07. The van der Waals surface area contributed by atoms with Crippen molar-refractivity contribution < 1.29 is 0 Å². The Labute approximate surface area is 120 Å². The second kappa shape index (κ2) is 7.46. The maximum atomic E-state index is 3.70. The van der Waals surface area contributed by atoms with Crippen LogP contribution in [0, 0.1) is 0 Å². The summed E-state index contributed by atoms with van der Waals surface area (Å²) in [5.74, 6) is 1.26. The number of thioether (sulfide) groups is 2. The SMILES string of the molecule is CCSC1CCC(NCc2ccc(SC)cc2)C1. The van der Waals surface area contributed by atoms with Gasteiger partial charge in [-0.3, -0.25) is 0 Å². The largest absolute Gasteiger partial charge is 0.310 e. The van der Waals surface area contributed by atoms with E-state index in [0.717, 1.165) is 17.8 Å². The molecule has 0 radical (unpaired) electrons. The molecule has 1 nitrogen and oxygen atoms in total. The normalized spacial score (nSPS) is 23.4. The third-order valence-electron chi connectivity index (χ3n) is 3.54. The summed E-state index contributed by atoms with van der Waals surface area (Å²) < 4.78 is 0. The van der Waals surface area contributed by atoms with E-state index in [1.165, 1.54) is 35.5 Å². The highest BCUT2D eigenvalue weighted by molar-refractivity contribution is 7.99. The molecule has 1 saturated carbocycles. The van der Waals surface area contributed by atoms with Gasteiger partial charge in [0.2, 0.25) is 0 Å². The Kier molecular flexibility index (Phi) is 5.93. The Morgan fingerprint density at radius 3 is 2.67 bits per heavy atom. The number of benzene rings is 1. The summed E-state index contributed by atoms with van der Waals surface area (Å²) in [6.07, 6.45) is 6.21. The molecule has 0 bridgehead atoms. The molecule has 2 atom stereocenters. The molecular weight excluding hydrogens is 258 g/mol. The zero-order valence-electron chi connectivity index (χ0n) is 11.3. The van der Waals surface area contributed by atoms with E-state index in [1.807, 2.05) is 0 Å². The lowest BCUT2D eigenvalue weighted by Gasteiger charge is -2.13. The molecule has 0 saturated heterocycles. The van der Waals surface area contributed by atoms with Gasteiger partial charge in [-0.1, -0.05) is 19.1 Å². The average Bonchev–Trinajstić information content (AvgIpc) is 2.85. The van der Waals surface area contributed by atoms with E-state index in [1.54, 1.807) is 11.8 Å². The molecule has 0 amide bonds. The van der Waals surface area contributed by atoms with Crippen LogP contribution in [0.2, 0.25) is 0 Å². The molecule has 0 spiro atoms. The third-order valence-corrected chi connectivity index (χ3v) is 5.52. The van der Waals surface area contributed by atoms with E-state index in [-0.39, 0.29) is 0 Å². The third kappa shape index (κ3) is 4.22. The van der Waals surface area contributed by atoms with Crippen molar-refractivity contribution in [1.82, 2.24) is 5.32 Å². The van der Waals surface area contributed by atoms with Gasteiger partial charge >= 0.3 is 0 Å². The van der Waals surface area contributed by atoms with Gasteiger partial charge in [0.25, 0.3) is 0 Å². The molecule has 1 aliphatic carbocycles. The van der Waals surface area contributed by atoms with Crippen molar-refractivity contribution in [2.45, 2.75) is 48.9 Å². The molecule has 0 aromatic heterocycles. The Morgan fingerprint density at radius 2 is 2.00 bits per heavy atom. The first-order valence-corrected chi connectivity index (χ1v) is 9.07. The van der Waals surface area contributed by atoms with Crippen molar-refractivity contribution in [3.05, 3.63) is 29.8 Å². The predicted octanol–water partition coefficient (Wildman–Crippen LogP) is 4.17. The molecule has 3 heteroatoms. The van der Waals surface area contributed by atoms with Gasteiger partial charge in [0.1, 0.15) is 0 Å². The molecule has 100 valence electrons. The van der Waals surface area contributed by atoms with Gasteiger partial charge in [-0.25, -0.2) is 0 Å². The van der Waals surface area contributed by atoms with Gasteiger partial charge in [-0.15, -0.1) is 11.8 Å². The van der Waals surface area contributed by atoms with Crippen molar-refractivity contribution in [2.24, 2.45) is 0 Å². The minimum Gasteiger partial charge on any atom is -0.310 e. The average molecular weight is 281 g/mol. The van der Waals surface area contributed by atoms with Crippen LogP contribution >= 0.6 is 23.5 Å². The van der Waals surface area contributed by atoms with Gasteiger partial charge < -0.3 is 5.32 Å². The summed E-state index contributed by atoms with van der Waals surface area (Å²) in [6, 6.07) is 9.64. The number of nitrogens with one attached hydrogen (secondary N) is 1. The van der Waals surface area contributed by atoms with E-state index in [2.05, 4.69) is 54.5 Å². The molecular formula is C15H23NS2. The van der Waals surface area contributed by atoms with Gasteiger partial charge in [0.15, 0.2) is 0 Å². The first kappa shape index (κ1) is 14.3. The molecule has 1 fully saturated rings. The van der Waals surface area contributed by atoms with Crippen LogP contribution in [0.5, 0.6) is 0 Å². The topological polar surface area (TPSA) is 12.0 Å². The number of hydrogen-bond acceptors (Lipinski definition) is 3. The minimum atomic E-state index is 0.731. The second-order valence-corrected chi connectivity index (χ2v) is 7.27. The monoisotopic (exact) mass is 281 g/mol. The minimum absolute atomic E-state index is 0.731. The molecule has 0 heterocycles. The van der Waals surface area contributed by atoms with Crippen LogP contribution in [0.4, 0.5) is 0 Å². The summed E-state index contributed by atoms with van der Waals surface area (Å²) in [5.41, 5.74) is 1.40. The van der Waals surface area contributed by atoms with Crippen LogP contribution in [-0.4, -0.2) is 23.3 Å². The van der Waals surface area contributed by atoms with Crippen molar-refractivity contribution in [3.63, 3.8) is 0 Å². The molecule has 1 N–H and O–H groups in total. The van der Waals surface area contributed by atoms with Crippen LogP contribution in [0.3, 0.4) is 0 Å². The van der Waals surface area contributed by atoms with Crippen LogP contribution in [0.25, 0.3) is 0 Å². The maximum Gasteiger partial charge on any atom is 0.0208 e. The Balaban J connectivity index is 1.74. The van der Waals surface area contributed by atoms with Gasteiger partial charge in [-0.2, -0.15) is 11.8 Å². The van der Waals surface area contributed by atoms with Crippen molar-refractivity contribution in [2.75, 3.05) is 12.0 Å². The lowest BCUT2D eigenvalue weighted by atomic mass is 10.2. The lowest BCUT2D eigenvalue weighted by Crippen LogP contribution is -2.26. The van der Waals surface area contributed by atoms with Crippen LogP contribution in [0.1, 0.15) is 31.7 Å². The van der Waals surface area contributed by atoms with E-state index < -0.39 is 0 Å². The van der Waals surface area contributed by atoms with Crippen molar-refractivity contribution in [3.8, 4) is 0 Å². The fraction of sp³-hybridized carbons (Fsp3) is 0.600. The summed E-state index contributed by atoms with van der Waals surface area (Å²) in [5, 5.41) is 4.60. The van der Waals surface area contributed by atoms with Crippen LogP contribution in [0.15, 0.2) is 29.2 Å². The summed E-state index contributed by atoms with van der Waals surface area (Å²) >= 11 is 3.93. The molecule has 2 rings (SSSR count). The van der Waals surface area contributed by atoms with E-state index >= 15 is 0 Å². The summed E-state index contributed by atoms with van der Waals surface area (Å²) in [6.45, 7) is 3.28. The second-order valence-electron chi connectivity index (χ2n) is 4.82. The van der Waals surface area contributed by atoms with E-state index in [9.17, 15) is 0 Å². The highest BCUT2D eigenvalue weighted by Crippen LogP contribution is 2.29. The fourth-order valence-electron chi connectivity index (χ4n) is 2.52. The molecule has 2 unspecified atom stereocenters. The number of hydrogen-bond donors (Lipinski definition) is 1. The van der Waals surface area contributed by atoms with E-state index in [4.69, 9.17) is 0 Å². The number of rotatable bonds is 6. The smallest absolute Gasteiger partial charge is 0.0208 e. The molecule has 1 aromatic rings. The van der Waals surface area contributed by atoms with Crippen LogP contribution in [-0.2, 0) is 6.54 Å². The van der Waals surface area contributed by atoms with Crippen molar-refractivity contribution in [1.29, 1.82) is 0 Å². The first-order valence-electron chi connectivity index (χ1n) is 6.79. The maximum absolute atomic E-state index is 3.70. The molecule has 0 aliphatic heterocycles. The Bertz CT molecular complexity index is 350. The van der Waals surface area contributed by atoms with Gasteiger partial charge in [-0.05, 0) is 49.0 Å². The Hall–Kier alpha value is -0.120. The quantitative estimate of drug-likeness (QED) is 0.786. The van der Waals surface area contributed by atoms with Crippen molar-refractivity contribution >= 4 is 23.5 Å². The van der Waals surface area contributed by atoms with Gasteiger partial charge in [0.05, 0.1) is 0 Å². The zero-order valence-corrected chi connectivity index (χ0v) is 12.9. The highest BCUT2D eigenvalue weighted by atomic mass is 32.2. The summed E-state index contributed by atoms with van der Waals surface area (Å²) in [7, 11) is 0. The standard InChI is InChI=1S/C15H23NS2/c1-3-18-15-9-6-13(10-15)16-11-12-4-7-14(17-2)8-5-12/h4-5,7-8,13,15-16H,3,6,9-11H2,1-2H3. The first-order chi connectivity index (χ1) is 8.81. The summed E-state index contributed by atoms with van der Waals surface area (Å²) in [4.78, 5) is 1.35. The zero-order chi connectivity index (χ0) is 12.8. The molecule has 1 aromatic carbocycles. The highest BCUT2D eigenvalue weighted by Gasteiger charge is 2.23. The molecule has 18 heavy (non-hydrogen) atoms. The van der Waals surface area contributed by atoms with Gasteiger partial charge in [0, 0.05) is 22.7 Å². The lowest BCUT2D eigenvalue weighted by molar-refractivity contribution is 0.525. The van der Waals surface area contributed by atoms with E-state index in [0.29, 0.717) is 0 Å². The van der Waals surface area contributed by atoms with Crippen LogP contribution < -0.4 is 5.32 Å². The predicted molar refractivity (Wildman–Crippen MR) is 84.6 cm³/mol.